The molecule has 0 aliphatic carbocycles. The van der Waals surface area contributed by atoms with E-state index < -0.39 is 0 Å². The van der Waals surface area contributed by atoms with E-state index in [4.69, 9.17) is 16.0 Å². The van der Waals surface area contributed by atoms with Crippen LogP contribution in [0, 0.1) is 13.8 Å². The Bertz CT molecular complexity index is 520. The van der Waals surface area contributed by atoms with Gasteiger partial charge < -0.3 is 9.73 Å². The van der Waals surface area contributed by atoms with E-state index in [0.717, 1.165) is 22.9 Å². The van der Waals surface area contributed by atoms with Gasteiger partial charge in [0.05, 0.1) is 12.3 Å². The Morgan fingerprint density at radius 3 is 2.67 bits per heavy atom. The Balaban J connectivity index is 2.46. The smallest absolute Gasteiger partial charge is 0.125 e. The first-order chi connectivity index (χ1) is 8.63. The quantitative estimate of drug-likeness (QED) is 0.892. The van der Waals surface area contributed by atoms with Crippen molar-refractivity contribution in [3.8, 4) is 0 Å². The first-order valence-electron chi connectivity index (χ1n) is 6.17. The lowest BCUT2D eigenvalue weighted by Gasteiger charge is -2.19. The SMILES string of the molecule is CCNC(c1ccco1)c1cc(C)c(Cl)cc1C. The zero-order valence-electron chi connectivity index (χ0n) is 11.0. The van der Waals surface area contributed by atoms with E-state index in [-0.39, 0.29) is 6.04 Å². The van der Waals surface area contributed by atoms with Crippen molar-refractivity contribution in [1.82, 2.24) is 5.32 Å². The van der Waals surface area contributed by atoms with E-state index in [1.807, 2.05) is 25.1 Å². The van der Waals surface area contributed by atoms with Crippen LogP contribution < -0.4 is 5.32 Å². The van der Waals surface area contributed by atoms with Crippen LogP contribution >= 0.6 is 11.6 Å². The molecule has 0 saturated carbocycles. The van der Waals surface area contributed by atoms with Crippen molar-refractivity contribution >= 4 is 11.6 Å². The van der Waals surface area contributed by atoms with Gasteiger partial charge in [0.25, 0.3) is 0 Å². The predicted octanol–water partition coefficient (Wildman–Crippen LogP) is 4.25. The Morgan fingerprint density at radius 1 is 1.28 bits per heavy atom. The van der Waals surface area contributed by atoms with Crippen LogP contribution in [0.25, 0.3) is 0 Å². The van der Waals surface area contributed by atoms with Gasteiger partial charge in [0.15, 0.2) is 0 Å². The summed E-state index contributed by atoms with van der Waals surface area (Å²) in [5.74, 6) is 0.932. The van der Waals surface area contributed by atoms with Crippen LogP contribution in [0.1, 0.15) is 35.4 Å². The molecule has 0 aliphatic rings. The van der Waals surface area contributed by atoms with Gasteiger partial charge in [-0.3, -0.25) is 0 Å². The minimum Gasteiger partial charge on any atom is -0.467 e. The summed E-state index contributed by atoms with van der Waals surface area (Å²) in [6.07, 6.45) is 1.71. The maximum absolute atomic E-state index is 6.15. The fourth-order valence-electron chi connectivity index (χ4n) is 2.14. The van der Waals surface area contributed by atoms with E-state index in [1.54, 1.807) is 6.26 Å². The highest BCUT2D eigenvalue weighted by atomic mass is 35.5. The lowest BCUT2D eigenvalue weighted by molar-refractivity contribution is 0.451. The number of aryl methyl sites for hydroxylation is 2. The lowest BCUT2D eigenvalue weighted by atomic mass is 9.97. The third-order valence-electron chi connectivity index (χ3n) is 3.09. The van der Waals surface area contributed by atoms with Crippen molar-refractivity contribution in [2.45, 2.75) is 26.8 Å². The molecule has 1 unspecified atom stereocenters. The first kappa shape index (κ1) is 13.2. The minimum atomic E-state index is 0.0842. The molecule has 0 spiro atoms. The average molecular weight is 264 g/mol. The fourth-order valence-corrected chi connectivity index (χ4v) is 2.36. The Morgan fingerprint density at radius 2 is 2.06 bits per heavy atom. The average Bonchev–Trinajstić information content (AvgIpc) is 2.85. The fraction of sp³-hybridized carbons (Fsp3) is 0.333. The highest BCUT2D eigenvalue weighted by Crippen LogP contribution is 2.29. The highest BCUT2D eigenvalue weighted by molar-refractivity contribution is 6.31. The second-order valence-electron chi connectivity index (χ2n) is 4.46. The van der Waals surface area contributed by atoms with Gasteiger partial charge in [-0.05, 0) is 55.3 Å². The van der Waals surface area contributed by atoms with Gasteiger partial charge in [-0.1, -0.05) is 24.6 Å². The zero-order chi connectivity index (χ0) is 13.1. The van der Waals surface area contributed by atoms with Crippen LogP contribution in [0.2, 0.25) is 5.02 Å². The summed E-state index contributed by atoms with van der Waals surface area (Å²) in [5, 5.41) is 4.26. The van der Waals surface area contributed by atoms with E-state index >= 15 is 0 Å². The van der Waals surface area contributed by atoms with Crippen LogP contribution in [0.4, 0.5) is 0 Å². The van der Waals surface area contributed by atoms with E-state index in [0.29, 0.717) is 0 Å². The lowest BCUT2D eigenvalue weighted by Crippen LogP contribution is -2.22. The highest BCUT2D eigenvalue weighted by Gasteiger charge is 2.18. The molecule has 2 nitrogen and oxygen atoms in total. The zero-order valence-corrected chi connectivity index (χ0v) is 11.7. The summed E-state index contributed by atoms with van der Waals surface area (Å²) >= 11 is 6.15. The van der Waals surface area contributed by atoms with Crippen LogP contribution in [0.3, 0.4) is 0 Å². The molecule has 96 valence electrons. The summed E-state index contributed by atoms with van der Waals surface area (Å²) in [4.78, 5) is 0. The molecule has 0 fully saturated rings. The molecule has 0 amide bonds. The number of hydrogen-bond donors (Lipinski definition) is 1. The molecule has 1 atom stereocenters. The molecule has 0 saturated heterocycles. The normalized spacial score (nSPS) is 12.7. The van der Waals surface area contributed by atoms with E-state index in [2.05, 4.69) is 25.2 Å². The monoisotopic (exact) mass is 263 g/mol. The van der Waals surface area contributed by atoms with Crippen molar-refractivity contribution in [3.63, 3.8) is 0 Å². The van der Waals surface area contributed by atoms with Crippen molar-refractivity contribution in [2.75, 3.05) is 6.54 Å². The minimum absolute atomic E-state index is 0.0842. The van der Waals surface area contributed by atoms with Gasteiger partial charge in [-0.15, -0.1) is 0 Å². The third-order valence-corrected chi connectivity index (χ3v) is 3.50. The number of rotatable bonds is 4. The van der Waals surface area contributed by atoms with Crippen molar-refractivity contribution in [3.05, 3.63) is 58.0 Å². The van der Waals surface area contributed by atoms with Gasteiger partial charge in [0, 0.05) is 5.02 Å². The number of hydrogen-bond acceptors (Lipinski definition) is 2. The van der Waals surface area contributed by atoms with Gasteiger partial charge >= 0.3 is 0 Å². The maximum Gasteiger partial charge on any atom is 0.125 e. The molecule has 18 heavy (non-hydrogen) atoms. The van der Waals surface area contributed by atoms with Crippen molar-refractivity contribution in [1.29, 1.82) is 0 Å². The molecule has 0 radical (unpaired) electrons. The molecular weight excluding hydrogens is 246 g/mol. The molecule has 1 aromatic carbocycles. The summed E-state index contributed by atoms with van der Waals surface area (Å²) < 4.78 is 5.53. The second kappa shape index (κ2) is 5.59. The summed E-state index contributed by atoms with van der Waals surface area (Å²) in [7, 11) is 0. The maximum atomic E-state index is 6.15. The van der Waals surface area contributed by atoms with Crippen molar-refractivity contribution < 1.29 is 4.42 Å². The standard InChI is InChI=1S/C15H18ClNO/c1-4-17-15(14-6-5-7-18-14)12-8-11(3)13(16)9-10(12)2/h5-9,15,17H,4H2,1-3H3. The molecule has 1 aromatic heterocycles. The second-order valence-corrected chi connectivity index (χ2v) is 4.87. The third kappa shape index (κ3) is 2.60. The summed E-state index contributed by atoms with van der Waals surface area (Å²) in [5.41, 5.74) is 3.48. The number of nitrogens with one attached hydrogen (secondary N) is 1. The molecule has 0 aliphatic heterocycles. The van der Waals surface area contributed by atoms with Gasteiger partial charge in [0.2, 0.25) is 0 Å². The molecule has 3 heteroatoms. The van der Waals surface area contributed by atoms with E-state index in [1.165, 1.54) is 11.1 Å². The van der Waals surface area contributed by atoms with Crippen LogP contribution in [-0.4, -0.2) is 6.54 Å². The number of furan rings is 1. The number of benzene rings is 1. The van der Waals surface area contributed by atoms with Gasteiger partial charge in [-0.2, -0.15) is 0 Å². The Kier molecular flexibility index (Phi) is 4.10. The topological polar surface area (TPSA) is 25.2 Å². The summed E-state index contributed by atoms with van der Waals surface area (Å²) in [6, 6.07) is 8.14. The Hall–Kier alpha value is -1.25. The largest absolute Gasteiger partial charge is 0.467 e. The van der Waals surface area contributed by atoms with Crippen LogP contribution in [0.15, 0.2) is 34.9 Å². The summed E-state index contributed by atoms with van der Waals surface area (Å²) in [6.45, 7) is 7.07. The van der Waals surface area contributed by atoms with Gasteiger partial charge in [0.1, 0.15) is 5.76 Å². The van der Waals surface area contributed by atoms with Crippen LogP contribution in [0.5, 0.6) is 0 Å². The Labute approximate surface area is 113 Å². The van der Waals surface area contributed by atoms with E-state index in [9.17, 15) is 0 Å². The molecule has 2 rings (SSSR count). The molecule has 2 aromatic rings. The van der Waals surface area contributed by atoms with Gasteiger partial charge in [-0.25, -0.2) is 0 Å². The predicted molar refractivity (Wildman–Crippen MR) is 75.2 cm³/mol. The molecular formula is C15H18ClNO. The molecule has 0 bridgehead atoms. The first-order valence-corrected chi connectivity index (χ1v) is 6.54. The van der Waals surface area contributed by atoms with Crippen LogP contribution in [-0.2, 0) is 0 Å². The number of halogens is 1. The molecule has 1 heterocycles. The van der Waals surface area contributed by atoms with Crippen molar-refractivity contribution in [2.24, 2.45) is 0 Å². The molecule has 1 N–H and O–H groups in total.